The van der Waals surface area contributed by atoms with Gasteiger partial charge in [0.1, 0.15) is 6.10 Å². The molecular weight excluding hydrogens is 302 g/mol. The molecule has 0 spiro atoms. The van der Waals surface area contributed by atoms with Crippen LogP contribution in [0.3, 0.4) is 0 Å². The van der Waals surface area contributed by atoms with E-state index >= 15 is 0 Å². The molecule has 0 unspecified atom stereocenters. The molecule has 0 amide bonds. The first kappa shape index (κ1) is 16.9. The molecule has 1 saturated heterocycles. The Balaban J connectivity index is 1.68. The maximum Gasteiger partial charge on any atom is 0.233 e. The lowest BCUT2D eigenvalue weighted by Crippen LogP contribution is -2.37. The molecule has 3 rings (SSSR count). The van der Waals surface area contributed by atoms with Crippen LogP contribution in [0.15, 0.2) is 43.1 Å². The zero-order valence-electron chi connectivity index (χ0n) is 14.1. The number of allylic oxidation sites excluding steroid dienone is 1. The molecule has 0 saturated carbocycles. The van der Waals surface area contributed by atoms with E-state index in [1.165, 1.54) is 0 Å². The Labute approximate surface area is 143 Å². The van der Waals surface area contributed by atoms with Gasteiger partial charge in [0.15, 0.2) is 0 Å². The molecule has 5 nitrogen and oxygen atoms in total. The van der Waals surface area contributed by atoms with E-state index < -0.39 is 0 Å². The van der Waals surface area contributed by atoms with E-state index in [0.29, 0.717) is 5.88 Å². The largest absolute Gasteiger partial charge is 0.472 e. The summed E-state index contributed by atoms with van der Waals surface area (Å²) < 4.78 is 11.7. The number of hydrogen-bond donors (Lipinski definition) is 0. The zero-order valence-corrected chi connectivity index (χ0v) is 14.1. The summed E-state index contributed by atoms with van der Waals surface area (Å²) >= 11 is 0. The van der Waals surface area contributed by atoms with Crippen molar-refractivity contribution in [1.29, 1.82) is 0 Å². The number of aromatic nitrogens is 2. The van der Waals surface area contributed by atoms with Crippen LogP contribution in [-0.4, -0.2) is 53.8 Å². The van der Waals surface area contributed by atoms with E-state index in [9.17, 15) is 0 Å². The van der Waals surface area contributed by atoms with Crippen LogP contribution in [0, 0.1) is 0 Å². The number of hydrogen-bond acceptors (Lipinski definition) is 5. The SMILES string of the molecule is C=CCC[C@H](CN1CCCOCC1)Oc1cnc2ccccc2n1. The van der Waals surface area contributed by atoms with Gasteiger partial charge in [0.05, 0.1) is 23.8 Å². The van der Waals surface area contributed by atoms with Crippen LogP contribution in [-0.2, 0) is 4.74 Å². The summed E-state index contributed by atoms with van der Waals surface area (Å²) in [6.45, 7) is 8.36. The van der Waals surface area contributed by atoms with Crippen molar-refractivity contribution < 1.29 is 9.47 Å². The first-order valence-corrected chi connectivity index (χ1v) is 8.64. The van der Waals surface area contributed by atoms with Crippen LogP contribution in [0.25, 0.3) is 11.0 Å². The van der Waals surface area contributed by atoms with Gasteiger partial charge >= 0.3 is 0 Å². The fourth-order valence-electron chi connectivity index (χ4n) is 2.93. The monoisotopic (exact) mass is 327 g/mol. The fourth-order valence-corrected chi connectivity index (χ4v) is 2.93. The van der Waals surface area contributed by atoms with Gasteiger partial charge < -0.3 is 9.47 Å². The van der Waals surface area contributed by atoms with E-state index in [-0.39, 0.29) is 6.10 Å². The van der Waals surface area contributed by atoms with E-state index in [2.05, 4.69) is 21.4 Å². The molecule has 128 valence electrons. The molecular formula is C19H25N3O2. The minimum absolute atomic E-state index is 0.0802. The highest BCUT2D eigenvalue weighted by atomic mass is 16.5. The van der Waals surface area contributed by atoms with Crippen molar-refractivity contribution in [2.75, 3.05) is 32.8 Å². The van der Waals surface area contributed by atoms with Crippen molar-refractivity contribution in [1.82, 2.24) is 14.9 Å². The zero-order chi connectivity index (χ0) is 16.6. The van der Waals surface area contributed by atoms with Gasteiger partial charge in [0.2, 0.25) is 5.88 Å². The minimum atomic E-state index is 0.0802. The van der Waals surface area contributed by atoms with Crippen molar-refractivity contribution in [3.8, 4) is 5.88 Å². The van der Waals surface area contributed by atoms with Crippen LogP contribution in [0.5, 0.6) is 5.88 Å². The molecule has 24 heavy (non-hydrogen) atoms. The number of para-hydroxylation sites is 2. The smallest absolute Gasteiger partial charge is 0.233 e. The third-order valence-corrected chi connectivity index (χ3v) is 4.18. The number of fused-ring (bicyclic) bond motifs is 1. The van der Waals surface area contributed by atoms with Gasteiger partial charge in [-0.1, -0.05) is 18.2 Å². The summed E-state index contributed by atoms with van der Waals surface area (Å²) in [5.41, 5.74) is 1.75. The van der Waals surface area contributed by atoms with Crippen molar-refractivity contribution >= 4 is 11.0 Å². The van der Waals surface area contributed by atoms with Gasteiger partial charge in [-0.3, -0.25) is 4.90 Å². The van der Waals surface area contributed by atoms with Crippen molar-refractivity contribution in [2.24, 2.45) is 0 Å². The molecule has 0 bridgehead atoms. The van der Waals surface area contributed by atoms with E-state index in [1.807, 2.05) is 30.3 Å². The van der Waals surface area contributed by atoms with E-state index in [4.69, 9.17) is 9.47 Å². The van der Waals surface area contributed by atoms with Crippen molar-refractivity contribution in [3.05, 3.63) is 43.1 Å². The Morgan fingerprint density at radius 1 is 1.25 bits per heavy atom. The summed E-state index contributed by atoms with van der Waals surface area (Å²) in [6.07, 6.45) is 6.66. The normalized spacial score (nSPS) is 17.3. The minimum Gasteiger partial charge on any atom is -0.472 e. The highest BCUT2D eigenvalue weighted by Gasteiger charge is 2.18. The average Bonchev–Trinajstić information content (AvgIpc) is 2.88. The highest BCUT2D eigenvalue weighted by Crippen LogP contribution is 2.16. The van der Waals surface area contributed by atoms with Crippen molar-refractivity contribution in [3.63, 3.8) is 0 Å². The number of benzene rings is 1. The standard InChI is InChI=1S/C19H25N3O2/c1-2-3-7-16(15-22-10-6-12-23-13-11-22)24-19-14-20-17-8-4-5-9-18(17)21-19/h2,4-5,8-9,14,16H,1,3,6-7,10-13,15H2/t16-/m1/s1. The quantitative estimate of drug-likeness (QED) is 0.732. The second-order valence-electron chi connectivity index (χ2n) is 6.07. The fraction of sp³-hybridized carbons (Fsp3) is 0.474. The van der Waals surface area contributed by atoms with Crippen molar-refractivity contribution in [2.45, 2.75) is 25.4 Å². The Morgan fingerprint density at radius 2 is 2.12 bits per heavy atom. The average molecular weight is 327 g/mol. The van der Waals surface area contributed by atoms with Gasteiger partial charge in [0.25, 0.3) is 0 Å². The molecule has 0 radical (unpaired) electrons. The summed E-state index contributed by atoms with van der Waals surface area (Å²) in [7, 11) is 0. The molecule has 1 aromatic carbocycles. The lowest BCUT2D eigenvalue weighted by Gasteiger charge is -2.26. The van der Waals surface area contributed by atoms with E-state index in [1.54, 1.807) is 6.20 Å². The number of rotatable bonds is 7. The van der Waals surface area contributed by atoms with Gasteiger partial charge in [-0.05, 0) is 31.4 Å². The summed E-state index contributed by atoms with van der Waals surface area (Å²) in [6, 6.07) is 7.84. The predicted octanol–water partition coefficient (Wildman–Crippen LogP) is 3.07. The summed E-state index contributed by atoms with van der Waals surface area (Å²) in [4.78, 5) is 11.4. The molecule has 1 aromatic heterocycles. The van der Waals surface area contributed by atoms with Crippen LogP contribution >= 0.6 is 0 Å². The van der Waals surface area contributed by atoms with Crippen LogP contribution < -0.4 is 4.74 Å². The third-order valence-electron chi connectivity index (χ3n) is 4.18. The molecule has 1 aliphatic rings. The maximum atomic E-state index is 6.16. The van der Waals surface area contributed by atoms with Gasteiger partial charge in [-0.25, -0.2) is 9.97 Å². The van der Waals surface area contributed by atoms with Gasteiger partial charge in [0, 0.05) is 26.2 Å². The van der Waals surface area contributed by atoms with Gasteiger partial charge in [-0.2, -0.15) is 0 Å². The second kappa shape index (κ2) is 8.76. The Hall–Kier alpha value is -1.98. The molecule has 1 fully saturated rings. The summed E-state index contributed by atoms with van der Waals surface area (Å²) in [5, 5.41) is 0. The Bertz CT molecular complexity index is 654. The lowest BCUT2D eigenvalue weighted by atomic mass is 10.2. The Kier molecular flexibility index (Phi) is 6.15. The first-order chi connectivity index (χ1) is 11.8. The topological polar surface area (TPSA) is 47.5 Å². The molecule has 1 aliphatic heterocycles. The lowest BCUT2D eigenvalue weighted by molar-refractivity contribution is 0.109. The van der Waals surface area contributed by atoms with Crippen LogP contribution in [0.2, 0.25) is 0 Å². The molecule has 2 heterocycles. The second-order valence-corrected chi connectivity index (χ2v) is 6.07. The van der Waals surface area contributed by atoms with Gasteiger partial charge in [-0.15, -0.1) is 6.58 Å². The maximum absolute atomic E-state index is 6.16. The molecule has 0 N–H and O–H groups in total. The summed E-state index contributed by atoms with van der Waals surface area (Å²) in [5.74, 6) is 0.592. The molecule has 0 aliphatic carbocycles. The third kappa shape index (κ3) is 4.76. The molecule has 1 atom stereocenters. The molecule has 5 heteroatoms. The predicted molar refractivity (Wildman–Crippen MR) is 95.3 cm³/mol. The van der Waals surface area contributed by atoms with Crippen LogP contribution in [0.4, 0.5) is 0 Å². The number of nitrogens with zero attached hydrogens (tertiary/aromatic N) is 3. The highest BCUT2D eigenvalue weighted by molar-refractivity contribution is 5.73. The number of ether oxygens (including phenoxy) is 2. The molecule has 2 aromatic rings. The van der Waals surface area contributed by atoms with Crippen LogP contribution in [0.1, 0.15) is 19.3 Å². The van der Waals surface area contributed by atoms with E-state index in [0.717, 1.165) is 63.1 Å². The Morgan fingerprint density at radius 3 is 3.00 bits per heavy atom. The first-order valence-electron chi connectivity index (χ1n) is 8.64.